The predicted molar refractivity (Wildman–Crippen MR) is 77.6 cm³/mol. The van der Waals surface area contributed by atoms with Crippen LogP contribution in [0.25, 0.3) is 0 Å². The molecule has 1 aromatic carbocycles. The smallest absolute Gasteiger partial charge is 0.326 e. The molecule has 116 valence electrons. The van der Waals surface area contributed by atoms with Crippen LogP contribution in [0.5, 0.6) is 5.75 Å². The lowest BCUT2D eigenvalue weighted by Gasteiger charge is -2.14. The second-order valence-electron chi connectivity index (χ2n) is 4.52. The minimum atomic E-state index is -1.08. The summed E-state index contributed by atoms with van der Waals surface area (Å²) in [5, 5.41) is 11.5. The van der Waals surface area contributed by atoms with Gasteiger partial charge in [-0.3, -0.25) is 4.79 Å². The Morgan fingerprint density at radius 3 is 2.43 bits per heavy atom. The highest BCUT2D eigenvalue weighted by atomic mass is 16.5. The van der Waals surface area contributed by atoms with E-state index in [1.807, 2.05) is 6.92 Å². The maximum atomic E-state index is 12.0. The van der Waals surface area contributed by atoms with Crippen molar-refractivity contribution in [3.8, 4) is 5.75 Å². The standard InChI is InChI=1S/C15H21NO5/c1-3-9-21-12-6-4-11(5-7-12)14(17)16-13(15(18)19)8-10-20-2/h4-7,13H,3,8-10H2,1-2H3,(H,16,17)(H,18,19). The van der Waals surface area contributed by atoms with Crippen molar-refractivity contribution in [1.29, 1.82) is 0 Å². The zero-order valence-electron chi connectivity index (χ0n) is 12.3. The Labute approximate surface area is 124 Å². The van der Waals surface area contributed by atoms with Crippen LogP contribution < -0.4 is 10.1 Å². The summed E-state index contributed by atoms with van der Waals surface area (Å²) in [5.74, 6) is -0.827. The Morgan fingerprint density at radius 1 is 1.24 bits per heavy atom. The summed E-state index contributed by atoms with van der Waals surface area (Å²) < 4.78 is 10.3. The average molecular weight is 295 g/mol. The maximum Gasteiger partial charge on any atom is 0.326 e. The molecule has 0 saturated carbocycles. The second-order valence-corrected chi connectivity index (χ2v) is 4.52. The van der Waals surface area contributed by atoms with E-state index >= 15 is 0 Å². The van der Waals surface area contributed by atoms with Crippen LogP contribution in [0.15, 0.2) is 24.3 Å². The molecule has 0 fully saturated rings. The number of carbonyl (C=O) groups is 2. The summed E-state index contributed by atoms with van der Waals surface area (Å²) in [6.45, 7) is 2.89. The molecule has 21 heavy (non-hydrogen) atoms. The van der Waals surface area contributed by atoms with Gasteiger partial charge in [0.25, 0.3) is 5.91 Å². The third kappa shape index (κ3) is 5.83. The van der Waals surface area contributed by atoms with Crippen LogP contribution >= 0.6 is 0 Å². The third-order valence-corrected chi connectivity index (χ3v) is 2.80. The Hall–Kier alpha value is -2.08. The fourth-order valence-electron chi connectivity index (χ4n) is 1.66. The third-order valence-electron chi connectivity index (χ3n) is 2.80. The molecule has 0 bridgehead atoms. The zero-order valence-corrected chi connectivity index (χ0v) is 12.3. The van der Waals surface area contributed by atoms with Gasteiger partial charge >= 0.3 is 5.97 Å². The van der Waals surface area contributed by atoms with E-state index in [-0.39, 0.29) is 13.0 Å². The summed E-state index contributed by atoms with van der Waals surface area (Å²) in [7, 11) is 1.48. The van der Waals surface area contributed by atoms with Gasteiger partial charge in [-0.25, -0.2) is 4.79 Å². The number of nitrogens with one attached hydrogen (secondary N) is 1. The Morgan fingerprint density at radius 2 is 1.90 bits per heavy atom. The van der Waals surface area contributed by atoms with Crippen molar-refractivity contribution in [2.45, 2.75) is 25.8 Å². The van der Waals surface area contributed by atoms with Crippen molar-refractivity contribution in [1.82, 2.24) is 5.32 Å². The van der Waals surface area contributed by atoms with E-state index in [0.29, 0.717) is 17.9 Å². The number of carboxylic acids is 1. The van der Waals surface area contributed by atoms with Crippen LogP contribution in [-0.4, -0.2) is 43.3 Å². The fourth-order valence-corrected chi connectivity index (χ4v) is 1.66. The highest BCUT2D eigenvalue weighted by molar-refractivity contribution is 5.96. The molecule has 0 aliphatic carbocycles. The van der Waals surface area contributed by atoms with Crippen LogP contribution in [-0.2, 0) is 9.53 Å². The Balaban J connectivity index is 2.62. The number of aliphatic carboxylic acids is 1. The van der Waals surface area contributed by atoms with E-state index < -0.39 is 17.9 Å². The molecule has 6 heteroatoms. The number of methoxy groups -OCH3 is 1. The number of benzene rings is 1. The van der Waals surface area contributed by atoms with Gasteiger partial charge < -0.3 is 19.9 Å². The van der Waals surface area contributed by atoms with Gasteiger partial charge in [-0.1, -0.05) is 6.92 Å². The van der Waals surface area contributed by atoms with Crippen molar-refractivity contribution >= 4 is 11.9 Å². The van der Waals surface area contributed by atoms with Gasteiger partial charge in [-0.05, 0) is 30.7 Å². The van der Waals surface area contributed by atoms with Crippen molar-refractivity contribution in [3.05, 3.63) is 29.8 Å². The molecule has 1 atom stereocenters. The van der Waals surface area contributed by atoms with Crippen LogP contribution in [0.3, 0.4) is 0 Å². The number of ether oxygens (including phenoxy) is 2. The first-order valence-corrected chi connectivity index (χ1v) is 6.84. The van der Waals surface area contributed by atoms with Gasteiger partial charge in [0.2, 0.25) is 0 Å². The molecule has 1 unspecified atom stereocenters. The first-order chi connectivity index (χ1) is 10.1. The molecule has 0 spiro atoms. The minimum Gasteiger partial charge on any atom is -0.494 e. The Bertz CT molecular complexity index is 458. The molecule has 1 aromatic rings. The van der Waals surface area contributed by atoms with Gasteiger partial charge in [0.05, 0.1) is 6.61 Å². The van der Waals surface area contributed by atoms with Crippen LogP contribution in [0.2, 0.25) is 0 Å². The lowest BCUT2D eigenvalue weighted by molar-refractivity contribution is -0.139. The summed E-state index contributed by atoms with van der Waals surface area (Å²) in [5.41, 5.74) is 0.391. The van der Waals surface area contributed by atoms with Gasteiger partial charge in [0, 0.05) is 25.7 Å². The fraction of sp³-hybridized carbons (Fsp3) is 0.467. The number of carbonyl (C=O) groups excluding carboxylic acids is 1. The minimum absolute atomic E-state index is 0.218. The predicted octanol–water partition coefficient (Wildman–Crippen LogP) is 1.69. The Kier molecular flexibility index (Phi) is 7.25. The summed E-state index contributed by atoms with van der Waals surface area (Å²) in [4.78, 5) is 23.0. The topological polar surface area (TPSA) is 84.9 Å². The number of hydrogen-bond donors (Lipinski definition) is 2. The molecule has 0 aromatic heterocycles. The lowest BCUT2D eigenvalue weighted by Crippen LogP contribution is -2.41. The molecule has 0 saturated heterocycles. The number of hydrogen-bond acceptors (Lipinski definition) is 4. The van der Waals surface area contributed by atoms with Crippen LogP contribution in [0.1, 0.15) is 30.1 Å². The largest absolute Gasteiger partial charge is 0.494 e. The van der Waals surface area contributed by atoms with Gasteiger partial charge in [-0.15, -0.1) is 0 Å². The van der Waals surface area contributed by atoms with Crippen LogP contribution in [0.4, 0.5) is 0 Å². The van der Waals surface area contributed by atoms with E-state index in [4.69, 9.17) is 14.6 Å². The first-order valence-electron chi connectivity index (χ1n) is 6.84. The van der Waals surface area contributed by atoms with Crippen LogP contribution in [0, 0.1) is 0 Å². The molecule has 2 N–H and O–H groups in total. The molecule has 0 radical (unpaired) electrons. The van der Waals surface area contributed by atoms with Gasteiger partial charge in [0.15, 0.2) is 0 Å². The molecule has 0 aliphatic heterocycles. The molecular weight excluding hydrogens is 274 g/mol. The van der Waals surface area contributed by atoms with E-state index in [2.05, 4.69) is 5.32 Å². The zero-order chi connectivity index (χ0) is 15.7. The normalized spacial score (nSPS) is 11.7. The SMILES string of the molecule is CCCOc1ccc(C(=O)NC(CCOC)C(=O)O)cc1. The lowest BCUT2D eigenvalue weighted by atomic mass is 10.1. The first kappa shape index (κ1) is 17.0. The molecule has 0 aliphatic rings. The quantitative estimate of drug-likeness (QED) is 0.724. The average Bonchev–Trinajstić information content (AvgIpc) is 2.49. The molecule has 0 heterocycles. The van der Waals surface area contributed by atoms with Crippen molar-refractivity contribution in [2.24, 2.45) is 0 Å². The van der Waals surface area contributed by atoms with E-state index in [1.54, 1.807) is 24.3 Å². The van der Waals surface area contributed by atoms with E-state index in [9.17, 15) is 9.59 Å². The highest BCUT2D eigenvalue weighted by Gasteiger charge is 2.20. The van der Waals surface area contributed by atoms with E-state index in [1.165, 1.54) is 7.11 Å². The number of rotatable bonds is 9. The van der Waals surface area contributed by atoms with Gasteiger partial charge in [0.1, 0.15) is 11.8 Å². The van der Waals surface area contributed by atoms with Crippen molar-refractivity contribution in [3.63, 3.8) is 0 Å². The summed E-state index contributed by atoms with van der Waals surface area (Å²) in [6.07, 6.45) is 1.12. The van der Waals surface area contributed by atoms with Crippen molar-refractivity contribution in [2.75, 3.05) is 20.3 Å². The maximum absolute atomic E-state index is 12.0. The van der Waals surface area contributed by atoms with Gasteiger partial charge in [-0.2, -0.15) is 0 Å². The second kappa shape index (κ2) is 8.97. The summed E-state index contributed by atoms with van der Waals surface area (Å²) >= 11 is 0. The monoisotopic (exact) mass is 295 g/mol. The number of carboxylic acid groups (broad SMARTS) is 1. The molecule has 6 nitrogen and oxygen atoms in total. The number of amides is 1. The van der Waals surface area contributed by atoms with E-state index in [0.717, 1.165) is 6.42 Å². The molecule has 1 amide bonds. The highest BCUT2D eigenvalue weighted by Crippen LogP contribution is 2.12. The molecular formula is C15H21NO5. The van der Waals surface area contributed by atoms with Crippen molar-refractivity contribution < 1.29 is 24.2 Å². The molecule has 1 rings (SSSR count). The summed E-state index contributed by atoms with van der Waals surface area (Å²) in [6, 6.07) is 5.63.